The Balaban J connectivity index is 0.000000741. The van der Waals surface area contributed by atoms with Gasteiger partial charge in [-0.05, 0) is 43.4 Å². The van der Waals surface area contributed by atoms with Crippen LogP contribution in [0.1, 0.15) is 41.0 Å². The first-order valence-electron chi connectivity index (χ1n) is 7.63. The predicted molar refractivity (Wildman–Crippen MR) is 88.3 cm³/mol. The first kappa shape index (κ1) is 17.9. The van der Waals surface area contributed by atoms with E-state index in [0.29, 0.717) is 0 Å². The maximum absolute atomic E-state index is 3.78. The molecule has 0 amide bonds. The lowest BCUT2D eigenvalue weighted by Gasteiger charge is -2.14. The zero-order valence-corrected chi connectivity index (χ0v) is 13.6. The van der Waals surface area contributed by atoms with Crippen molar-refractivity contribution in [2.24, 2.45) is 11.8 Å². The summed E-state index contributed by atoms with van der Waals surface area (Å²) < 4.78 is 0. The van der Waals surface area contributed by atoms with Crippen molar-refractivity contribution in [1.29, 1.82) is 0 Å². The number of fused-ring (bicyclic) bond motifs is 1. The Morgan fingerprint density at radius 1 is 1.26 bits per heavy atom. The zero-order chi connectivity index (χ0) is 14.8. The molecule has 0 radical (unpaired) electrons. The molecule has 2 atom stereocenters. The maximum Gasteiger partial charge on any atom is 0.0205 e. The molecule has 1 saturated carbocycles. The lowest BCUT2D eigenvalue weighted by Crippen LogP contribution is -2.13. The molecule has 0 saturated heterocycles. The monoisotopic (exact) mass is 261 g/mol. The van der Waals surface area contributed by atoms with Gasteiger partial charge >= 0.3 is 0 Å². The second-order valence-electron chi connectivity index (χ2n) is 4.44. The number of hydrogen-bond donors (Lipinski definition) is 1. The van der Waals surface area contributed by atoms with Gasteiger partial charge < -0.3 is 5.32 Å². The second kappa shape index (κ2) is 9.80. The minimum Gasteiger partial charge on any atom is -0.316 e. The Bertz CT molecular complexity index is 358. The predicted octanol–water partition coefficient (Wildman–Crippen LogP) is 4.89. The summed E-state index contributed by atoms with van der Waals surface area (Å²) >= 11 is 0. The maximum atomic E-state index is 3.78. The van der Waals surface area contributed by atoms with Crippen molar-refractivity contribution in [3.05, 3.63) is 47.6 Å². The van der Waals surface area contributed by atoms with Crippen LogP contribution in [0.3, 0.4) is 0 Å². The fourth-order valence-corrected chi connectivity index (χ4v) is 2.45. The summed E-state index contributed by atoms with van der Waals surface area (Å²) in [7, 11) is 1.99. The van der Waals surface area contributed by atoms with Crippen LogP contribution in [0.5, 0.6) is 0 Å². The van der Waals surface area contributed by atoms with Gasteiger partial charge in [-0.3, -0.25) is 0 Å². The highest BCUT2D eigenvalue weighted by Gasteiger charge is 2.42. The Kier molecular flexibility index (Phi) is 9.24. The molecule has 2 rings (SSSR count). The van der Waals surface area contributed by atoms with Crippen LogP contribution in [-0.2, 0) is 0 Å². The van der Waals surface area contributed by atoms with Gasteiger partial charge in [0.25, 0.3) is 0 Å². The van der Waals surface area contributed by atoms with Gasteiger partial charge in [0.2, 0.25) is 0 Å². The second-order valence-corrected chi connectivity index (χ2v) is 4.44. The van der Waals surface area contributed by atoms with Crippen molar-refractivity contribution in [3.63, 3.8) is 0 Å². The number of rotatable bonds is 4. The van der Waals surface area contributed by atoms with Crippen LogP contribution in [0.25, 0.3) is 0 Å². The SMILES string of the molecule is C=C/C=C(\CNC)C1=CC=C(C)C2CC12.CC.CC. The highest BCUT2D eigenvalue weighted by atomic mass is 14.8. The summed E-state index contributed by atoms with van der Waals surface area (Å²) in [6.45, 7) is 15.0. The van der Waals surface area contributed by atoms with Crippen molar-refractivity contribution in [2.45, 2.75) is 41.0 Å². The van der Waals surface area contributed by atoms with Gasteiger partial charge in [0.1, 0.15) is 0 Å². The van der Waals surface area contributed by atoms with Crippen LogP contribution in [0.2, 0.25) is 0 Å². The summed E-state index contributed by atoms with van der Waals surface area (Å²) in [6.07, 6.45) is 9.92. The van der Waals surface area contributed by atoms with E-state index in [1.54, 1.807) is 5.57 Å². The lowest BCUT2D eigenvalue weighted by atomic mass is 9.93. The number of nitrogens with one attached hydrogen (secondary N) is 1. The van der Waals surface area contributed by atoms with E-state index in [1.165, 1.54) is 17.6 Å². The molecule has 2 aliphatic rings. The molecule has 1 N–H and O–H groups in total. The van der Waals surface area contributed by atoms with Crippen LogP contribution in [0.4, 0.5) is 0 Å². The summed E-state index contributed by atoms with van der Waals surface area (Å²) in [5.41, 5.74) is 4.45. The molecule has 1 nitrogen and oxygen atoms in total. The quantitative estimate of drug-likeness (QED) is 0.710. The fraction of sp³-hybridized carbons (Fsp3) is 0.556. The Morgan fingerprint density at radius 3 is 2.42 bits per heavy atom. The molecule has 108 valence electrons. The third kappa shape index (κ3) is 4.83. The van der Waals surface area contributed by atoms with Gasteiger partial charge in [0.15, 0.2) is 0 Å². The highest BCUT2D eigenvalue weighted by Crippen LogP contribution is 2.52. The molecule has 0 bridgehead atoms. The molecule has 0 aromatic rings. The molecular formula is C18H31N. The highest BCUT2D eigenvalue weighted by molar-refractivity contribution is 5.47. The molecule has 0 heterocycles. The third-order valence-corrected chi connectivity index (χ3v) is 3.36. The topological polar surface area (TPSA) is 12.0 Å². The van der Waals surface area contributed by atoms with Gasteiger partial charge in [-0.15, -0.1) is 0 Å². The van der Waals surface area contributed by atoms with Crippen molar-refractivity contribution in [2.75, 3.05) is 13.6 Å². The van der Waals surface area contributed by atoms with Crippen molar-refractivity contribution in [1.82, 2.24) is 5.32 Å². The molecule has 0 aromatic heterocycles. The zero-order valence-electron chi connectivity index (χ0n) is 13.6. The minimum atomic E-state index is 0.787. The van der Waals surface area contributed by atoms with E-state index in [9.17, 15) is 0 Å². The summed E-state index contributed by atoms with van der Waals surface area (Å²) in [6, 6.07) is 0. The van der Waals surface area contributed by atoms with Crippen molar-refractivity contribution >= 4 is 0 Å². The van der Waals surface area contributed by atoms with E-state index in [2.05, 4.69) is 37.0 Å². The van der Waals surface area contributed by atoms with E-state index >= 15 is 0 Å². The average Bonchev–Trinajstić information content (AvgIpc) is 3.25. The largest absolute Gasteiger partial charge is 0.316 e. The van der Waals surface area contributed by atoms with Crippen LogP contribution < -0.4 is 5.32 Å². The smallest absolute Gasteiger partial charge is 0.0205 e. The summed E-state index contributed by atoms with van der Waals surface area (Å²) in [4.78, 5) is 0. The van der Waals surface area contributed by atoms with Gasteiger partial charge in [-0.1, -0.05) is 64.2 Å². The number of allylic oxidation sites excluding steroid dienone is 5. The van der Waals surface area contributed by atoms with E-state index in [1.807, 2.05) is 40.8 Å². The van der Waals surface area contributed by atoms with E-state index in [0.717, 1.165) is 18.4 Å². The van der Waals surface area contributed by atoms with Crippen LogP contribution >= 0.6 is 0 Å². The van der Waals surface area contributed by atoms with E-state index in [4.69, 9.17) is 0 Å². The molecule has 2 unspecified atom stereocenters. The van der Waals surface area contributed by atoms with E-state index in [-0.39, 0.29) is 0 Å². The first-order valence-corrected chi connectivity index (χ1v) is 7.63. The Labute approximate surface area is 120 Å². The standard InChI is InChI=1S/C14H19N.2C2H6/c1-4-5-11(9-15-3)12-7-6-10(2)13-8-14(12)13;2*1-2/h4-7,13-15H,1,8-9H2,2-3H3;2*1-2H3/b11-5+;;. The molecule has 0 spiro atoms. The van der Waals surface area contributed by atoms with Crippen LogP contribution in [-0.4, -0.2) is 13.6 Å². The minimum absolute atomic E-state index is 0.787. The Hall–Kier alpha value is -1.08. The summed E-state index contributed by atoms with van der Waals surface area (Å²) in [5.74, 6) is 1.62. The van der Waals surface area contributed by atoms with Gasteiger partial charge in [-0.2, -0.15) is 0 Å². The number of likely N-dealkylation sites (N-methyl/N-ethyl adjacent to an activating group) is 1. The molecule has 2 aliphatic carbocycles. The molecule has 19 heavy (non-hydrogen) atoms. The van der Waals surface area contributed by atoms with Gasteiger partial charge in [0, 0.05) is 6.54 Å². The molecule has 0 aliphatic heterocycles. The van der Waals surface area contributed by atoms with Crippen molar-refractivity contribution < 1.29 is 0 Å². The molecule has 1 heteroatoms. The normalized spacial score (nSPS) is 23.6. The average molecular weight is 261 g/mol. The molecule has 1 fully saturated rings. The Morgan fingerprint density at radius 2 is 1.89 bits per heavy atom. The van der Waals surface area contributed by atoms with Crippen molar-refractivity contribution in [3.8, 4) is 0 Å². The first-order chi connectivity index (χ1) is 9.27. The van der Waals surface area contributed by atoms with Gasteiger partial charge in [0.05, 0.1) is 0 Å². The fourth-order valence-electron chi connectivity index (χ4n) is 2.45. The molecular weight excluding hydrogens is 230 g/mol. The lowest BCUT2D eigenvalue weighted by molar-refractivity contribution is 0.821. The molecule has 0 aromatic carbocycles. The third-order valence-electron chi connectivity index (χ3n) is 3.36. The van der Waals surface area contributed by atoms with Crippen LogP contribution in [0, 0.1) is 11.8 Å². The number of hydrogen-bond acceptors (Lipinski definition) is 1. The summed E-state index contributed by atoms with van der Waals surface area (Å²) in [5, 5.41) is 3.22. The van der Waals surface area contributed by atoms with Crippen LogP contribution in [0.15, 0.2) is 47.6 Å². The van der Waals surface area contributed by atoms with E-state index < -0.39 is 0 Å². The van der Waals surface area contributed by atoms with Gasteiger partial charge in [-0.25, -0.2) is 0 Å².